The Labute approximate surface area is 128 Å². The van der Waals surface area contributed by atoms with E-state index < -0.39 is 0 Å². The molecule has 0 heterocycles. The molecule has 116 valence electrons. The summed E-state index contributed by atoms with van der Waals surface area (Å²) in [6.45, 7) is 0.304. The lowest BCUT2D eigenvalue weighted by Gasteiger charge is -2.18. The maximum Gasteiger partial charge on any atom is 0.233 e. The van der Waals surface area contributed by atoms with Crippen molar-refractivity contribution in [3.63, 3.8) is 0 Å². The number of nitrogens with two attached hydrogens (primary N) is 1. The van der Waals surface area contributed by atoms with E-state index in [1.54, 1.807) is 24.3 Å². The molecule has 0 aromatic heterocycles. The summed E-state index contributed by atoms with van der Waals surface area (Å²) in [5, 5.41) is 2.68. The van der Waals surface area contributed by atoms with Crippen LogP contribution >= 0.6 is 0 Å². The van der Waals surface area contributed by atoms with Crippen LogP contribution in [0.25, 0.3) is 0 Å². The molecular weight excluding hydrogens is 286 g/mol. The van der Waals surface area contributed by atoms with Crippen molar-refractivity contribution in [2.45, 2.75) is 12.3 Å². The number of benzene rings is 2. The third-order valence-corrected chi connectivity index (χ3v) is 3.44. The molecular formula is C17H18F2N2O. The fraction of sp³-hybridized carbons (Fsp3) is 0.235. The van der Waals surface area contributed by atoms with Gasteiger partial charge in [-0.15, -0.1) is 0 Å². The Morgan fingerprint density at radius 3 is 2.05 bits per heavy atom. The Morgan fingerprint density at radius 1 is 1.05 bits per heavy atom. The first-order valence-corrected chi connectivity index (χ1v) is 7.08. The zero-order valence-corrected chi connectivity index (χ0v) is 12.1. The van der Waals surface area contributed by atoms with Gasteiger partial charge >= 0.3 is 0 Å². The molecule has 0 aliphatic heterocycles. The minimum atomic E-state index is -0.343. The summed E-state index contributed by atoms with van der Waals surface area (Å²) in [5.74, 6) is -1.14. The molecule has 0 fully saturated rings. The van der Waals surface area contributed by atoms with E-state index in [2.05, 4.69) is 5.32 Å². The number of hydrogen-bond donors (Lipinski definition) is 2. The van der Waals surface area contributed by atoms with Gasteiger partial charge in [-0.2, -0.15) is 0 Å². The number of carbonyl (C=O) groups excluding carboxylic acids is 1. The van der Waals surface area contributed by atoms with E-state index in [9.17, 15) is 13.6 Å². The minimum absolute atomic E-state index is 0.0788. The van der Waals surface area contributed by atoms with E-state index in [-0.39, 0.29) is 30.0 Å². The molecule has 0 spiro atoms. The first kappa shape index (κ1) is 16.1. The van der Waals surface area contributed by atoms with Crippen LogP contribution in [0, 0.1) is 11.6 Å². The topological polar surface area (TPSA) is 55.1 Å². The molecule has 0 unspecified atom stereocenters. The second-order valence-corrected chi connectivity index (χ2v) is 5.01. The molecule has 2 aromatic carbocycles. The summed E-state index contributed by atoms with van der Waals surface area (Å²) in [7, 11) is 0. The standard InChI is InChI=1S/C17H18F2N2O/c18-14-5-1-3-12(9-14)16(7-8-21-17(22)11-20)13-4-2-6-15(19)10-13/h1-6,9-10,16H,7-8,11,20H2,(H,21,22). The molecule has 2 aromatic rings. The van der Waals surface area contributed by atoms with E-state index in [4.69, 9.17) is 5.73 Å². The molecule has 0 aliphatic carbocycles. The van der Waals surface area contributed by atoms with E-state index in [1.165, 1.54) is 24.3 Å². The molecule has 0 atom stereocenters. The summed E-state index contributed by atoms with van der Waals surface area (Å²) < 4.78 is 26.9. The Kier molecular flexibility index (Phi) is 5.61. The smallest absolute Gasteiger partial charge is 0.233 e. The molecule has 0 bridgehead atoms. The predicted molar refractivity (Wildman–Crippen MR) is 81.3 cm³/mol. The maximum absolute atomic E-state index is 13.5. The Balaban J connectivity index is 2.22. The fourth-order valence-corrected chi connectivity index (χ4v) is 2.40. The maximum atomic E-state index is 13.5. The summed E-state index contributed by atoms with van der Waals surface area (Å²) in [4.78, 5) is 11.2. The average molecular weight is 304 g/mol. The quantitative estimate of drug-likeness (QED) is 0.862. The van der Waals surface area contributed by atoms with Gasteiger partial charge in [0.25, 0.3) is 0 Å². The Morgan fingerprint density at radius 2 is 1.59 bits per heavy atom. The van der Waals surface area contributed by atoms with Gasteiger partial charge in [0.2, 0.25) is 5.91 Å². The van der Waals surface area contributed by atoms with Crippen LogP contribution in [0.4, 0.5) is 8.78 Å². The summed E-state index contributed by atoms with van der Waals surface area (Å²) >= 11 is 0. The number of hydrogen-bond acceptors (Lipinski definition) is 2. The Bertz CT molecular complexity index is 601. The lowest BCUT2D eigenvalue weighted by Crippen LogP contribution is -2.31. The van der Waals surface area contributed by atoms with Crippen LogP contribution in [0.5, 0.6) is 0 Å². The number of amides is 1. The molecule has 5 heteroatoms. The second-order valence-electron chi connectivity index (χ2n) is 5.01. The van der Waals surface area contributed by atoms with E-state index in [0.717, 1.165) is 11.1 Å². The molecule has 3 nitrogen and oxygen atoms in total. The Hall–Kier alpha value is -2.27. The first-order valence-electron chi connectivity index (χ1n) is 7.08. The highest BCUT2D eigenvalue weighted by Crippen LogP contribution is 2.28. The summed E-state index contributed by atoms with van der Waals surface area (Å²) in [5.41, 5.74) is 6.73. The van der Waals surface area contributed by atoms with Crippen molar-refractivity contribution in [1.82, 2.24) is 5.32 Å². The number of nitrogens with one attached hydrogen (secondary N) is 1. The monoisotopic (exact) mass is 304 g/mol. The number of halogens is 2. The van der Waals surface area contributed by atoms with Crippen LogP contribution in [0.15, 0.2) is 48.5 Å². The SMILES string of the molecule is NCC(=O)NCCC(c1cccc(F)c1)c1cccc(F)c1. The fourth-order valence-electron chi connectivity index (χ4n) is 2.40. The third-order valence-electron chi connectivity index (χ3n) is 3.44. The summed E-state index contributed by atoms with van der Waals surface area (Å²) in [6.07, 6.45) is 0.526. The van der Waals surface area contributed by atoms with Crippen LogP contribution < -0.4 is 11.1 Å². The van der Waals surface area contributed by atoms with Gasteiger partial charge in [-0.05, 0) is 41.8 Å². The van der Waals surface area contributed by atoms with Crippen molar-refractivity contribution in [2.75, 3.05) is 13.1 Å². The zero-order chi connectivity index (χ0) is 15.9. The van der Waals surface area contributed by atoms with Gasteiger partial charge in [-0.1, -0.05) is 24.3 Å². The number of carbonyl (C=O) groups is 1. The highest BCUT2D eigenvalue weighted by molar-refractivity contribution is 5.77. The molecule has 0 saturated heterocycles. The van der Waals surface area contributed by atoms with Gasteiger partial charge in [0, 0.05) is 12.5 Å². The van der Waals surface area contributed by atoms with Crippen LogP contribution in [-0.2, 0) is 4.79 Å². The first-order chi connectivity index (χ1) is 10.6. The highest BCUT2D eigenvalue weighted by Gasteiger charge is 2.15. The molecule has 0 saturated carbocycles. The third kappa shape index (κ3) is 4.36. The molecule has 3 N–H and O–H groups in total. The molecule has 1 amide bonds. The second kappa shape index (κ2) is 7.66. The van der Waals surface area contributed by atoms with Crippen molar-refractivity contribution in [3.05, 3.63) is 71.3 Å². The van der Waals surface area contributed by atoms with Crippen molar-refractivity contribution in [2.24, 2.45) is 5.73 Å². The molecule has 2 rings (SSSR count). The lowest BCUT2D eigenvalue weighted by atomic mass is 9.88. The van der Waals surface area contributed by atoms with Gasteiger partial charge in [-0.3, -0.25) is 4.79 Å². The van der Waals surface area contributed by atoms with Gasteiger partial charge in [-0.25, -0.2) is 8.78 Å². The van der Waals surface area contributed by atoms with Crippen LogP contribution in [0.1, 0.15) is 23.5 Å². The van der Waals surface area contributed by atoms with Gasteiger partial charge < -0.3 is 11.1 Å². The normalized spacial score (nSPS) is 10.7. The molecule has 0 aliphatic rings. The molecule has 0 radical (unpaired) electrons. The predicted octanol–water partition coefficient (Wildman–Crippen LogP) is 2.56. The highest BCUT2D eigenvalue weighted by atomic mass is 19.1. The van der Waals surface area contributed by atoms with Crippen LogP contribution in [-0.4, -0.2) is 19.0 Å². The summed E-state index contributed by atoms with van der Waals surface area (Å²) in [6, 6.07) is 12.4. The lowest BCUT2D eigenvalue weighted by molar-refractivity contribution is -0.119. The van der Waals surface area contributed by atoms with Crippen molar-refractivity contribution in [3.8, 4) is 0 Å². The minimum Gasteiger partial charge on any atom is -0.355 e. The van der Waals surface area contributed by atoms with Gasteiger partial charge in [0.1, 0.15) is 11.6 Å². The van der Waals surface area contributed by atoms with E-state index in [0.29, 0.717) is 13.0 Å². The van der Waals surface area contributed by atoms with Gasteiger partial charge in [0.15, 0.2) is 0 Å². The van der Waals surface area contributed by atoms with Crippen LogP contribution in [0.3, 0.4) is 0 Å². The van der Waals surface area contributed by atoms with Crippen LogP contribution in [0.2, 0.25) is 0 Å². The van der Waals surface area contributed by atoms with E-state index >= 15 is 0 Å². The zero-order valence-electron chi connectivity index (χ0n) is 12.1. The van der Waals surface area contributed by atoms with Crippen molar-refractivity contribution < 1.29 is 13.6 Å². The largest absolute Gasteiger partial charge is 0.355 e. The molecule has 22 heavy (non-hydrogen) atoms. The van der Waals surface area contributed by atoms with Crippen molar-refractivity contribution in [1.29, 1.82) is 0 Å². The van der Waals surface area contributed by atoms with Gasteiger partial charge in [0.05, 0.1) is 6.54 Å². The average Bonchev–Trinajstić information content (AvgIpc) is 2.51. The number of rotatable bonds is 6. The van der Waals surface area contributed by atoms with Crippen molar-refractivity contribution >= 4 is 5.91 Å². The van der Waals surface area contributed by atoms with E-state index in [1.807, 2.05) is 0 Å².